The predicted octanol–water partition coefficient (Wildman–Crippen LogP) is 4.10. The highest BCUT2D eigenvalue weighted by Gasteiger charge is 2.37. The van der Waals surface area contributed by atoms with Crippen molar-refractivity contribution >= 4 is 17.6 Å². The van der Waals surface area contributed by atoms with Gasteiger partial charge in [-0.2, -0.15) is 10.2 Å². The molecule has 2 heterocycles. The van der Waals surface area contributed by atoms with Crippen LogP contribution in [0.25, 0.3) is 0 Å². The maximum absolute atomic E-state index is 10.1. The molecule has 0 amide bonds. The van der Waals surface area contributed by atoms with Gasteiger partial charge in [-0.1, -0.05) is 72.4 Å². The van der Waals surface area contributed by atoms with Gasteiger partial charge in [0.25, 0.3) is 0 Å². The Bertz CT molecular complexity index is 1140. The summed E-state index contributed by atoms with van der Waals surface area (Å²) in [5, 5.41) is 10.7. The number of nitrogens with zero attached hydrogens (tertiary/aromatic N) is 4. The lowest BCUT2D eigenvalue weighted by atomic mass is 9.83. The monoisotopic (exact) mass is 429 g/mol. The minimum atomic E-state index is -0.389. The van der Waals surface area contributed by atoms with Gasteiger partial charge in [-0.05, 0) is 23.8 Å². The molecule has 6 nitrogen and oxygen atoms in total. The van der Waals surface area contributed by atoms with Gasteiger partial charge in [0.2, 0.25) is 5.88 Å². The fraction of sp³-hybridized carbons (Fsp3) is 0.208. The first-order chi connectivity index (χ1) is 15.2. The second kappa shape index (κ2) is 9.11. The average Bonchev–Trinajstić information content (AvgIpc) is 2.83. The molecule has 0 bridgehead atoms. The van der Waals surface area contributed by atoms with Crippen molar-refractivity contribution in [2.75, 3.05) is 24.8 Å². The van der Waals surface area contributed by atoms with Crippen molar-refractivity contribution in [1.82, 2.24) is 9.97 Å². The van der Waals surface area contributed by atoms with Gasteiger partial charge < -0.3 is 15.4 Å². The Morgan fingerprint density at radius 2 is 1.77 bits per heavy atom. The molecule has 0 spiro atoms. The zero-order valence-corrected chi connectivity index (χ0v) is 18.3. The van der Waals surface area contributed by atoms with Crippen molar-refractivity contribution in [2.45, 2.75) is 17.5 Å². The van der Waals surface area contributed by atoms with E-state index in [1.807, 2.05) is 59.7 Å². The van der Waals surface area contributed by atoms with Crippen LogP contribution in [-0.4, -0.2) is 29.9 Å². The fourth-order valence-corrected chi connectivity index (χ4v) is 4.24. The Morgan fingerprint density at radius 3 is 2.39 bits per heavy atom. The Labute approximate surface area is 186 Å². The number of fused-ring (bicyclic) bond motifs is 1. The molecular formula is C24H23N5OS. The van der Waals surface area contributed by atoms with E-state index in [0.29, 0.717) is 34.8 Å². The molecule has 1 aliphatic heterocycles. The highest BCUT2D eigenvalue weighted by atomic mass is 32.2. The predicted molar refractivity (Wildman–Crippen MR) is 123 cm³/mol. The van der Waals surface area contributed by atoms with Crippen LogP contribution in [0, 0.1) is 11.3 Å². The molecule has 3 aromatic rings. The summed E-state index contributed by atoms with van der Waals surface area (Å²) in [5.74, 6) is 1.19. The first-order valence-electron chi connectivity index (χ1n) is 9.94. The number of allylic oxidation sites excluding steroid dienone is 1. The highest BCUT2D eigenvalue weighted by molar-refractivity contribution is 7.98. The zero-order valence-electron chi connectivity index (χ0n) is 17.4. The molecule has 0 radical (unpaired) electrons. The van der Waals surface area contributed by atoms with E-state index in [-0.39, 0.29) is 5.92 Å². The van der Waals surface area contributed by atoms with E-state index < -0.39 is 0 Å². The number of rotatable bonds is 6. The molecule has 156 valence electrons. The molecule has 7 heteroatoms. The number of nitriles is 1. The normalized spacial score (nSPS) is 15.4. The molecule has 0 aliphatic carbocycles. The summed E-state index contributed by atoms with van der Waals surface area (Å²) in [6.07, 6.45) is 2.68. The molecule has 1 atom stereocenters. The van der Waals surface area contributed by atoms with E-state index in [1.54, 1.807) is 7.11 Å². The molecule has 2 N–H and O–H groups in total. The minimum absolute atomic E-state index is 0.389. The van der Waals surface area contributed by atoms with Crippen LogP contribution in [0.15, 0.2) is 77.2 Å². The van der Waals surface area contributed by atoms with Crippen molar-refractivity contribution in [3.63, 3.8) is 0 Å². The van der Waals surface area contributed by atoms with Crippen LogP contribution in [-0.2, 0) is 6.42 Å². The average molecular weight is 430 g/mol. The van der Waals surface area contributed by atoms with Crippen LogP contribution >= 0.6 is 11.8 Å². The van der Waals surface area contributed by atoms with Crippen molar-refractivity contribution in [2.24, 2.45) is 5.73 Å². The number of aromatic nitrogens is 2. The third kappa shape index (κ3) is 3.94. The van der Waals surface area contributed by atoms with Gasteiger partial charge in [0, 0.05) is 6.54 Å². The van der Waals surface area contributed by atoms with Gasteiger partial charge in [-0.25, -0.2) is 4.98 Å². The summed E-state index contributed by atoms with van der Waals surface area (Å²) < 4.78 is 5.68. The van der Waals surface area contributed by atoms with Crippen LogP contribution in [0.1, 0.15) is 22.6 Å². The van der Waals surface area contributed by atoms with E-state index >= 15 is 0 Å². The quantitative estimate of drug-likeness (QED) is 0.466. The topological polar surface area (TPSA) is 88.1 Å². The number of nitrogens with two attached hydrogens (primary N) is 1. The van der Waals surface area contributed by atoms with E-state index in [1.165, 1.54) is 17.3 Å². The highest BCUT2D eigenvalue weighted by Crippen LogP contribution is 2.46. The summed E-state index contributed by atoms with van der Waals surface area (Å²) in [7, 11) is 1.59. The third-order valence-corrected chi connectivity index (χ3v) is 5.91. The molecular weight excluding hydrogens is 406 g/mol. The standard InChI is InChI=1S/C24H23N5OS/c1-30-23-20-19(17-11-7-4-8-12-17)18(15-25)21(26)29(22(20)27-24(28-23)31-2)14-13-16-9-5-3-6-10-16/h3-12,19H,13-14,26H2,1-2H3. The summed E-state index contributed by atoms with van der Waals surface area (Å²) >= 11 is 1.44. The maximum atomic E-state index is 10.1. The van der Waals surface area contributed by atoms with Gasteiger partial charge in [0.05, 0.1) is 30.2 Å². The smallest absolute Gasteiger partial charge is 0.223 e. The van der Waals surface area contributed by atoms with Gasteiger partial charge >= 0.3 is 0 Å². The minimum Gasteiger partial charge on any atom is -0.481 e. The van der Waals surface area contributed by atoms with Crippen LogP contribution < -0.4 is 15.4 Å². The molecule has 4 rings (SSSR count). The molecule has 0 saturated carbocycles. The van der Waals surface area contributed by atoms with Gasteiger partial charge in [0.1, 0.15) is 11.6 Å². The summed E-state index contributed by atoms with van der Waals surface area (Å²) in [6.45, 7) is 0.587. The lowest BCUT2D eigenvalue weighted by Crippen LogP contribution is -2.37. The Kier molecular flexibility index (Phi) is 6.10. The lowest BCUT2D eigenvalue weighted by molar-refractivity contribution is 0.385. The number of benzene rings is 2. The first kappa shape index (κ1) is 20.8. The van der Waals surface area contributed by atoms with Crippen molar-refractivity contribution < 1.29 is 4.74 Å². The van der Waals surface area contributed by atoms with Crippen LogP contribution in [0.2, 0.25) is 0 Å². The largest absolute Gasteiger partial charge is 0.481 e. The first-order valence-corrected chi connectivity index (χ1v) is 11.2. The maximum Gasteiger partial charge on any atom is 0.223 e. The second-order valence-corrected chi connectivity index (χ2v) is 7.87. The lowest BCUT2D eigenvalue weighted by Gasteiger charge is -2.35. The Balaban J connectivity index is 1.89. The van der Waals surface area contributed by atoms with Crippen LogP contribution in [0.3, 0.4) is 0 Å². The number of ether oxygens (including phenoxy) is 1. The van der Waals surface area contributed by atoms with E-state index in [0.717, 1.165) is 17.5 Å². The SMILES string of the molecule is COc1nc(SC)nc2c1C(c1ccccc1)C(C#N)=C(N)N2CCc1ccccc1. The Morgan fingerprint density at radius 1 is 1.10 bits per heavy atom. The second-order valence-electron chi connectivity index (χ2n) is 7.10. The van der Waals surface area contributed by atoms with Crippen molar-refractivity contribution in [3.8, 4) is 11.9 Å². The summed E-state index contributed by atoms with van der Waals surface area (Å²) in [6, 6.07) is 22.4. The van der Waals surface area contributed by atoms with Crippen molar-refractivity contribution in [3.05, 3.63) is 88.7 Å². The number of anilines is 1. The van der Waals surface area contributed by atoms with Crippen LogP contribution in [0.4, 0.5) is 5.82 Å². The zero-order chi connectivity index (χ0) is 21.8. The van der Waals surface area contributed by atoms with E-state index in [9.17, 15) is 5.26 Å². The molecule has 1 unspecified atom stereocenters. The number of methoxy groups -OCH3 is 1. The summed E-state index contributed by atoms with van der Waals surface area (Å²) in [5.41, 5.74) is 9.98. The van der Waals surface area contributed by atoms with Gasteiger partial charge in [0.15, 0.2) is 5.16 Å². The fourth-order valence-electron chi connectivity index (χ4n) is 3.89. The molecule has 1 aromatic heterocycles. The van der Waals surface area contributed by atoms with Gasteiger partial charge in [-0.3, -0.25) is 0 Å². The molecule has 31 heavy (non-hydrogen) atoms. The van der Waals surface area contributed by atoms with Gasteiger partial charge in [-0.15, -0.1) is 0 Å². The number of hydrogen-bond acceptors (Lipinski definition) is 7. The van der Waals surface area contributed by atoms with Crippen LogP contribution in [0.5, 0.6) is 5.88 Å². The Hall–Kier alpha value is -3.50. The van der Waals surface area contributed by atoms with E-state index in [4.69, 9.17) is 15.5 Å². The van der Waals surface area contributed by atoms with E-state index in [2.05, 4.69) is 23.2 Å². The molecule has 0 fully saturated rings. The summed E-state index contributed by atoms with van der Waals surface area (Å²) in [4.78, 5) is 11.3. The third-order valence-electron chi connectivity index (χ3n) is 5.37. The number of hydrogen-bond donors (Lipinski definition) is 1. The molecule has 0 saturated heterocycles. The molecule has 1 aliphatic rings. The molecule has 2 aromatic carbocycles. The number of thioether (sulfide) groups is 1. The van der Waals surface area contributed by atoms with Crippen molar-refractivity contribution in [1.29, 1.82) is 5.26 Å².